The molecule has 0 atom stereocenters. The molecule has 112 valence electrons. The average Bonchev–Trinajstić information content (AvgIpc) is 2.42. The lowest BCUT2D eigenvalue weighted by Crippen LogP contribution is -2.15. The minimum Gasteiger partial charge on any atom is -0.469 e. The standard InChI is InChI=1S/C14H24N4O2/c1-6-15-13-10(4)14(16-8-7-11(19)20-5)18-12(17-13)9(2)3/h9H,6-8H2,1-5H3,(H2,15,16,17,18). The van der Waals surface area contributed by atoms with Crippen molar-refractivity contribution in [2.24, 2.45) is 0 Å². The number of rotatable bonds is 7. The van der Waals surface area contributed by atoms with Crippen molar-refractivity contribution in [1.82, 2.24) is 9.97 Å². The van der Waals surface area contributed by atoms with Gasteiger partial charge in [0, 0.05) is 24.6 Å². The number of ether oxygens (including phenoxy) is 1. The number of hydrogen-bond acceptors (Lipinski definition) is 6. The largest absolute Gasteiger partial charge is 0.469 e. The summed E-state index contributed by atoms with van der Waals surface area (Å²) in [4.78, 5) is 20.2. The van der Waals surface area contributed by atoms with Crippen LogP contribution in [0.25, 0.3) is 0 Å². The van der Waals surface area contributed by atoms with Gasteiger partial charge in [0.25, 0.3) is 0 Å². The number of aromatic nitrogens is 2. The molecule has 0 radical (unpaired) electrons. The lowest BCUT2D eigenvalue weighted by atomic mass is 10.2. The molecule has 0 fully saturated rings. The first kappa shape index (κ1) is 16.2. The highest BCUT2D eigenvalue weighted by Crippen LogP contribution is 2.23. The van der Waals surface area contributed by atoms with E-state index in [0.29, 0.717) is 13.0 Å². The van der Waals surface area contributed by atoms with Crippen LogP contribution in [0.1, 0.15) is 44.5 Å². The molecule has 0 aliphatic heterocycles. The van der Waals surface area contributed by atoms with E-state index in [2.05, 4.69) is 39.2 Å². The lowest BCUT2D eigenvalue weighted by molar-refractivity contribution is -0.140. The summed E-state index contributed by atoms with van der Waals surface area (Å²) in [5.41, 5.74) is 0.959. The third-order valence-electron chi connectivity index (χ3n) is 2.87. The second kappa shape index (κ2) is 7.67. The molecule has 1 heterocycles. The van der Waals surface area contributed by atoms with Crippen molar-refractivity contribution in [3.8, 4) is 0 Å². The van der Waals surface area contributed by atoms with Crippen LogP contribution in [0.3, 0.4) is 0 Å². The zero-order chi connectivity index (χ0) is 15.1. The van der Waals surface area contributed by atoms with Crippen LogP contribution in [0.5, 0.6) is 0 Å². The highest BCUT2D eigenvalue weighted by molar-refractivity contribution is 5.70. The lowest BCUT2D eigenvalue weighted by Gasteiger charge is -2.15. The molecule has 6 nitrogen and oxygen atoms in total. The van der Waals surface area contributed by atoms with Crippen LogP contribution < -0.4 is 10.6 Å². The van der Waals surface area contributed by atoms with Gasteiger partial charge in [0.1, 0.15) is 17.5 Å². The van der Waals surface area contributed by atoms with Crippen LogP contribution in [-0.4, -0.2) is 36.1 Å². The summed E-state index contributed by atoms with van der Waals surface area (Å²) in [7, 11) is 1.39. The van der Waals surface area contributed by atoms with Crippen molar-refractivity contribution in [3.63, 3.8) is 0 Å². The summed E-state index contributed by atoms with van der Waals surface area (Å²) >= 11 is 0. The van der Waals surface area contributed by atoms with E-state index in [1.54, 1.807) is 0 Å². The van der Waals surface area contributed by atoms with Crippen LogP contribution in [0.4, 0.5) is 11.6 Å². The van der Waals surface area contributed by atoms with Crippen LogP contribution in [0.2, 0.25) is 0 Å². The highest BCUT2D eigenvalue weighted by atomic mass is 16.5. The topological polar surface area (TPSA) is 76.1 Å². The molecule has 0 aliphatic rings. The molecule has 0 unspecified atom stereocenters. The minimum absolute atomic E-state index is 0.236. The molecule has 1 rings (SSSR count). The number of hydrogen-bond donors (Lipinski definition) is 2. The van der Waals surface area contributed by atoms with Crippen molar-refractivity contribution in [2.75, 3.05) is 30.8 Å². The summed E-state index contributed by atoms with van der Waals surface area (Å²) in [6.07, 6.45) is 0.313. The Morgan fingerprint density at radius 3 is 2.35 bits per heavy atom. The number of carbonyl (C=O) groups is 1. The quantitative estimate of drug-likeness (QED) is 0.746. The fourth-order valence-corrected chi connectivity index (χ4v) is 1.69. The summed E-state index contributed by atoms with van der Waals surface area (Å²) < 4.78 is 4.62. The Labute approximate surface area is 120 Å². The smallest absolute Gasteiger partial charge is 0.307 e. The highest BCUT2D eigenvalue weighted by Gasteiger charge is 2.12. The molecule has 0 saturated carbocycles. The first-order chi connectivity index (χ1) is 9.49. The Hall–Kier alpha value is -1.85. The molecular weight excluding hydrogens is 256 g/mol. The van der Waals surface area contributed by atoms with Gasteiger partial charge in [-0.15, -0.1) is 0 Å². The van der Waals surface area contributed by atoms with Gasteiger partial charge in [-0.25, -0.2) is 9.97 Å². The summed E-state index contributed by atoms with van der Waals surface area (Å²) in [6.45, 7) is 9.39. The molecule has 0 saturated heterocycles. The fourth-order valence-electron chi connectivity index (χ4n) is 1.69. The Morgan fingerprint density at radius 1 is 1.25 bits per heavy atom. The van der Waals surface area contributed by atoms with E-state index in [1.807, 2.05) is 13.8 Å². The van der Waals surface area contributed by atoms with Gasteiger partial charge in [-0.05, 0) is 13.8 Å². The van der Waals surface area contributed by atoms with Crippen molar-refractivity contribution in [2.45, 2.75) is 40.0 Å². The van der Waals surface area contributed by atoms with E-state index in [0.717, 1.165) is 29.6 Å². The van der Waals surface area contributed by atoms with Gasteiger partial charge in [0.2, 0.25) is 0 Å². The van der Waals surface area contributed by atoms with Crippen LogP contribution >= 0.6 is 0 Å². The zero-order valence-electron chi connectivity index (χ0n) is 12.9. The Bertz CT molecular complexity index is 461. The predicted molar refractivity (Wildman–Crippen MR) is 80.1 cm³/mol. The molecular formula is C14H24N4O2. The van der Waals surface area contributed by atoms with E-state index >= 15 is 0 Å². The van der Waals surface area contributed by atoms with Crippen molar-refractivity contribution >= 4 is 17.6 Å². The van der Waals surface area contributed by atoms with E-state index in [1.165, 1.54) is 7.11 Å². The van der Waals surface area contributed by atoms with E-state index < -0.39 is 0 Å². The molecule has 20 heavy (non-hydrogen) atoms. The van der Waals surface area contributed by atoms with Gasteiger partial charge in [-0.1, -0.05) is 13.8 Å². The third kappa shape index (κ3) is 4.36. The maximum absolute atomic E-state index is 11.1. The second-order valence-electron chi connectivity index (χ2n) is 4.84. The van der Waals surface area contributed by atoms with Crippen molar-refractivity contribution < 1.29 is 9.53 Å². The van der Waals surface area contributed by atoms with Crippen LogP contribution in [0.15, 0.2) is 0 Å². The monoisotopic (exact) mass is 280 g/mol. The zero-order valence-corrected chi connectivity index (χ0v) is 12.9. The van der Waals surface area contributed by atoms with Crippen LogP contribution in [0, 0.1) is 6.92 Å². The third-order valence-corrected chi connectivity index (χ3v) is 2.87. The Balaban J connectivity index is 2.89. The number of anilines is 2. The predicted octanol–water partition coefficient (Wildman–Crippen LogP) is 2.32. The molecule has 1 aromatic heterocycles. The van der Waals surface area contributed by atoms with E-state index in [-0.39, 0.29) is 11.9 Å². The maximum Gasteiger partial charge on any atom is 0.307 e. The number of methoxy groups -OCH3 is 1. The first-order valence-electron chi connectivity index (χ1n) is 6.92. The second-order valence-corrected chi connectivity index (χ2v) is 4.84. The Kier molecular flexibility index (Phi) is 6.21. The number of nitrogens with one attached hydrogen (secondary N) is 2. The molecule has 0 amide bonds. The Morgan fingerprint density at radius 2 is 1.85 bits per heavy atom. The molecule has 6 heteroatoms. The number of nitrogens with zero attached hydrogens (tertiary/aromatic N) is 2. The fraction of sp³-hybridized carbons (Fsp3) is 0.643. The summed E-state index contributed by atoms with van der Waals surface area (Å²) in [6, 6.07) is 0. The number of carbonyl (C=O) groups excluding carboxylic acids is 1. The van der Waals surface area contributed by atoms with Gasteiger partial charge in [0.05, 0.1) is 13.5 Å². The molecule has 2 N–H and O–H groups in total. The van der Waals surface area contributed by atoms with E-state index in [4.69, 9.17) is 0 Å². The summed E-state index contributed by atoms with van der Waals surface area (Å²) in [5, 5.41) is 6.42. The molecule has 0 spiro atoms. The van der Waals surface area contributed by atoms with Crippen LogP contribution in [-0.2, 0) is 9.53 Å². The summed E-state index contributed by atoms with van der Waals surface area (Å²) in [5.74, 6) is 2.40. The average molecular weight is 280 g/mol. The minimum atomic E-state index is -0.236. The van der Waals surface area contributed by atoms with Gasteiger partial charge in [-0.2, -0.15) is 0 Å². The SMILES string of the molecule is CCNc1nc(C(C)C)nc(NCCC(=O)OC)c1C. The first-order valence-corrected chi connectivity index (χ1v) is 6.92. The van der Waals surface area contributed by atoms with Gasteiger partial charge >= 0.3 is 5.97 Å². The molecule has 0 bridgehead atoms. The molecule has 1 aromatic rings. The normalized spacial score (nSPS) is 10.5. The molecule has 0 aromatic carbocycles. The molecule has 0 aliphatic carbocycles. The van der Waals surface area contributed by atoms with E-state index in [9.17, 15) is 4.79 Å². The maximum atomic E-state index is 11.1. The van der Waals surface area contributed by atoms with Gasteiger partial charge in [0.15, 0.2) is 0 Å². The van der Waals surface area contributed by atoms with Crippen molar-refractivity contribution in [3.05, 3.63) is 11.4 Å². The van der Waals surface area contributed by atoms with Gasteiger partial charge in [-0.3, -0.25) is 4.79 Å². The van der Waals surface area contributed by atoms with Gasteiger partial charge < -0.3 is 15.4 Å². The number of esters is 1. The van der Waals surface area contributed by atoms with Crippen molar-refractivity contribution in [1.29, 1.82) is 0 Å².